The van der Waals surface area contributed by atoms with Crippen molar-refractivity contribution in [2.24, 2.45) is 0 Å². The Balaban J connectivity index is 1.88. The van der Waals surface area contributed by atoms with Gasteiger partial charge in [0.1, 0.15) is 11.4 Å². The third kappa shape index (κ3) is 3.27. The molecule has 6 nitrogen and oxygen atoms in total. The third-order valence-corrected chi connectivity index (χ3v) is 4.08. The van der Waals surface area contributed by atoms with Crippen molar-refractivity contribution in [1.29, 1.82) is 0 Å². The van der Waals surface area contributed by atoms with Crippen LogP contribution in [0.1, 0.15) is 10.4 Å². The summed E-state index contributed by atoms with van der Waals surface area (Å²) in [4.78, 5) is 16.2. The smallest absolute Gasteiger partial charge is 0.387 e. The number of ether oxygens (including phenoxy) is 1. The lowest BCUT2D eigenvalue weighted by Crippen LogP contribution is -2.02. The van der Waals surface area contributed by atoms with Crippen LogP contribution >= 0.6 is 0 Å². The van der Waals surface area contributed by atoms with Gasteiger partial charge in [-0.25, -0.2) is 9.78 Å². The summed E-state index contributed by atoms with van der Waals surface area (Å²) in [6.45, 7) is -2.97. The Hall–Kier alpha value is -3.81. The van der Waals surface area contributed by atoms with E-state index in [0.29, 0.717) is 16.8 Å². The molecular formula is C20H12F2N2O4. The van der Waals surface area contributed by atoms with E-state index in [-0.39, 0.29) is 28.1 Å². The molecule has 2 aromatic heterocycles. The van der Waals surface area contributed by atoms with Gasteiger partial charge in [-0.1, -0.05) is 47.6 Å². The molecule has 0 aliphatic rings. The fourth-order valence-electron chi connectivity index (χ4n) is 2.89. The molecule has 0 saturated carbocycles. The number of nitrogens with zero attached hydrogens (tertiary/aromatic N) is 2. The van der Waals surface area contributed by atoms with E-state index in [4.69, 9.17) is 4.52 Å². The second-order valence-corrected chi connectivity index (χ2v) is 5.84. The van der Waals surface area contributed by atoms with Gasteiger partial charge in [0.25, 0.3) is 5.71 Å². The Kier molecular flexibility index (Phi) is 4.44. The average Bonchev–Trinajstić information content (AvgIpc) is 3.11. The summed E-state index contributed by atoms with van der Waals surface area (Å²) < 4.78 is 34.6. The number of fused-ring (bicyclic) bond motifs is 1. The summed E-state index contributed by atoms with van der Waals surface area (Å²) in [6.07, 6.45) is 0. The number of carbonyl (C=O) groups is 1. The van der Waals surface area contributed by atoms with Crippen LogP contribution < -0.4 is 4.74 Å². The SMILES string of the molecule is O=C(O)c1cc(-c2cccc(OC(F)F)c2)nc2onc(-c3ccccc3)c12. The van der Waals surface area contributed by atoms with Crippen LogP contribution in [0.5, 0.6) is 5.75 Å². The van der Waals surface area contributed by atoms with Gasteiger partial charge in [0, 0.05) is 11.1 Å². The number of hydrogen-bond donors (Lipinski definition) is 1. The van der Waals surface area contributed by atoms with E-state index in [1.807, 2.05) is 6.07 Å². The number of pyridine rings is 1. The number of aromatic carboxylic acids is 1. The van der Waals surface area contributed by atoms with Crippen LogP contribution in [0.3, 0.4) is 0 Å². The lowest BCUT2D eigenvalue weighted by molar-refractivity contribution is -0.0498. The highest BCUT2D eigenvalue weighted by Crippen LogP contribution is 2.33. The van der Waals surface area contributed by atoms with Gasteiger partial charge >= 0.3 is 12.6 Å². The zero-order valence-electron chi connectivity index (χ0n) is 14.2. The highest BCUT2D eigenvalue weighted by atomic mass is 19.3. The van der Waals surface area contributed by atoms with Gasteiger partial charge in [0.05, 0.1) is 16.6 Å². The zero-order valence-corrected chi connectivity index (χ0v) is 14.2. The molecule has 0 saturated heterocycles. The molecule has 2 aromatic carbocycles. The molecule has 0 radical (unpaired) electrons. The molecule has 2 heterocycles. The molecule has 0 amide bonds. The van der Waals surface area contributed by atoms with Crippen molar-refractivity contribution in [3.05, 3.63) is 66.2 Å². The van der Waals surface area contributed by atoms with E-state index in [1.54, 1.807) is 30.3 Å². The predicted octanol–water partition coefficient (Wildman–Crippen LogP) is 4.86. The van der Waals surface area contributed by atoms with Crippen LogP contribution in [-0.2, 0) is 0 Å². The first-order valence-electron chi connectivity index (χ1n) is 8.17. The van der Waals surface area contributed by atoms with E-state index in [1.165, 1.54) is 24.3 Å². The van der Waals surface area contributed by atoms with E-state index in [9.17, 15) is 18.7 Å². The van der Waals surface area contributed by atoms with Crippen molar-refractivity contribution in [2.45, 2.75) is 6.61 Å². The minimum absolute atomic E-state index is 0.0361. The Morgan fingerprint density at radius 3 is 2.50 bits per heavy atom. The van der Waals surface area contributed by atoms with E-state index in [0.717, 1.165) is 0 Å². The standard InChI is InChI=1S/C20H12F2N2O4/c21-20(22)27-13-8-4-7-12(9-13)15-10-14(19(25)26)16-17(24-28-18(16)23-15)11-5-2-1-3-6-11/h1-10,20H,(H,25,26). The number of aromatic nitrogens is 2. The lowest BCUT2D eigenvalue weighted by Gasteiger charge is -2.07. The maximum absolute atomic E-state index is 12.5. The summed E-state index contributed by atoms with van der Waals surface area (Å²) in [6, 6.07) is 16.2. The van der Waals surface area contributed by atoms with Crippen molar-refractivity contribution in [3.63, 3.8) is 0 Å². The molecule has 0 atom stereocenters. The summed E-state index contributed by atoms with van der Waals surface area (Å²) >= 11 is 0. The summed E-state index contributed by atoms with van der Waals surface area (Å²) in [5.74, 6) is -1.25. The molecular weight excluding hydrogens is 370 g/mol. The van der Waals surface area contributed by atoms with E-state index < -0.39 is 12.6 Å². The van der Waals surface area contributed by atoms with Gasteiger partial charge in [-0.15, -0.1) is 0 Å². The van der Waals surface area contributed by atoms with Crippen LogP contribution in [0.4, 0.5) is 8.78 Å². The number of alkyl halides is 2. The third-order valence-electron chi connectivity index (χ3n) is 4.08. The largest absolute Gasteiger partial charge is 0.478 e. The van der Waals surface area contributed by atoms with E-state index >= 15 is 0 Å². The van der Waals surface area contributed by atoms with Crippen molar-refractivity contribution in [1.82, 2.24) is 10.1 Å². The number of carboxylic acid groups (broad SMARTS) is 1. The van der Waals surface area contributed by atoms with Gasteiger partial charge in [-0.3, -0.25) is 0 Å². The van der Waals surface area contributed by atoms with E-state index in [2.05, 4.69) is 14.9 Å². The lowest BCUT2D eigenvalue weighted by atomic mass is 10.0. The van der Waals surface area contributed by atoms with Crippen molar-refractivity contribution >= 4 is 17.1 Å². The van der Waals surface area contributed by atoms with Gasteiger partial charge in [0.15, 0.2) is 0 Å². The van der Waals surface area contributed by atoms with Crippen molar-refractivity contribution in [2.75, 3.05) is 0 Å². The van der Waals surface area contributed by atoms with Crippen LogP contribution in [0, 0.1) is 0 Å². The Morgan fingerprint density at radius 1 is 1.04 bits per heavy atom. The number of rotatable bonds is 5. The van der Waals surface area contributed by atoms with Gasteiger partial charge in [-0.05, 0) is 18.2 Å². The molecule has 0 spiro atoms. The fraction of sp³-hybridized carbons (Fsp3) is 0.0500. The van der Waals surface area contributed by atoms with Crippen LogP contribution in [0.25, 0.3) is 33.6 Å². The number of carboxylic acids is 1. The van der Waals surface area contributed by atoms with Crippen molar-refractivity contribution < 1.29 is 27.9 Å². The molecule has 0 unspecified atom stereocenters. The molecule has 0 fully saturated rings. The van der Waals surface area contributed by atoms with Crippen LogP contribution in [0.15, 0.2) is 65.2 Å². The summed E-state index contributed by atoms with van der Waals surface area (Å²) in [5, 5.41) is 13.9. The molecule has 28 heavy (non-hydrogen) atoms. The molecule has 4 rings (SSSR count). The zero-order chi connectivity index (χ0) is 19.7. The first kappa shape index (κ1) is 17.6. The Morgan fingerprint density at radius 2 is 1.79 bits per heavy atom. The Bertz CT molecular complexity index is 1160. The molecule has 8 heteroatoms. The molecule has 0 aliphatic heterocycles. The Labute approximate surface area is 157 Å². The van der Waals surface area contributed by atoms with Gasteiger partial charge in [-0.2, -0.15) is 8.78 Å². The highest BCUT2D eigenvalue weighted by Gasteiger charge is 2.21. The van der Waals surface area contributed by atoms with Crippen molar-refractivity contribution in [3.8, 4) is 28.3 Å². The number of hydrogen-bond acceptors (Lipinski definition) is 5. The summed E-state index contributed by atoms with van der Waals surface area (Å²) in [7, 11) is 0. The topological polar surface area (TPSA) is 85.5 Å². The molecule has 0 bridgehead atoms. The fourth-order valence-corrected chi connectivity index (χ4v) is 2.89. The molecule has 140 valence electrons. The maximum atomic E-state index is 12.5. The van der Waals surface area contributed by atoms with Gasteiger partial charge < -0.3 is 14.4 Å². The molecule has 4 aromatic rings. The monoisotopic (exact) mass is 382 g/mol. The first-order valence-corrected chi connectivity index (χ1v) is 8.17. The minimum Gasteiger partial charge on any atom is -0.478 e. The molecule has 1 N–H and O–H groups in total. The second kappa shape index (κ2) is 7.07. The van der Waals surface area contributed by atoms with Gasteiger partial charge in [0.2, 0.25) is 0 Å². The average molecular weight is 382 g/mol. The maximum Gasteiger partial charge on any atom is 0.387 e. The normalized spacial score (nSPS) is 11.1. The second-order valence-electron chi connectivity index (χ2n) is 5.84. The minimum atomic E-state index is -2.97. The molecule has 0 aliphatic carbocycles. The first-order chi connectivity index (χ1) is 13.5. The predicted molar refractivity (Wildman–Crippen MR) is 96.3 cm³/mol. The number of benzene rings is 2. The number of halogens is 2. The highest BCUT2D eigenvalue weighted by molar-refractivity contribution is 6.07. The quantitative estimate of drug-likeness (QED) is 0.531. The van der Waals surface area contributed by atoms with Crippen LogP contribution in [-0.4, -0.2) is 27.8 Å². The van der Waals surface area contributed by atoms with Crippen LogP contribution in [0.2, 0.25) is 0 Å². The summed E-state index contributed by atoms with van der Waals surface area (Å²) in [5.41, 5.74) is 1.67.